The lowest BCUT2D eigenvalue weighted by Gasteiger charge is -2.07. The standard InChI is InChI=1S/C27H19N7O2/c35-24(33-26-28-10-11-29-26)20-12-19(16-6-2-1-3-7-16)14-21-23(20)32-27(31-21)34-25(36)22-13-17-8-4-5-9-18(17)15-30-22/h1-15H,(H2,28,29,33,35)(H2,31,32,34,36). The zero-order valence-corrected chi connectivity index (χ0v) is 18.8. The van der Waals surface area contributed by atoms with E-state index >= 15 is 0 Å². The van der Waals surface area contributed by atoms with Crippen molar-refractivity contribution in [1.82, 2.24) is 24.9 Å². The number of carbonyl (C=O) groups excluding carboxylic acids is 2. The summed E-state index contributed by atoms with van der Waals surface area (Å²) in [5, 5.41) is 7.36. The molecule has 0 bridgehead atoms. The van der Waals surface area contributed by atoms with Crippen LogP contribution in [0.1, 0.15) is 20.8 Å². The number of nitrogens with zero attached hydrogens (tertiary/aromatic N) is 3. The molecule has 2 amide bonds. The number of aromatic nitrogens is 5. The van der Waals surface area contributed by atoms with Gasteiger partial charge in [-0.3, -0.25) is 25.2 Å². The molecule has 0 spiro atoms. The van der Waals surface area contributed by atoms with Gasteiger partial charge in [-0.2, -0.15) is 0 Å². The van der Waals surface area contributed by atoms with Crippen LogP contribution in [0, 0.1) is 0 Å². The van der Waals surface area contributed by atoms with Crippen LogP contribution in [-0.4, -0.2) is 36.7 Å². The second kappa shape index (κ2) is 8.80. The van der Waals surface area contributed by atoms with Crippen molar-refractivity contribution in [1.29, 1.82) is 0 Å². The van der Waals surface area contributed by atoms with Crippen LogP contribution in [0.4, 0.5) is 11.9 Å². The normalized spacial score (nSPS) is 11.0. The summed E-state index contributed by atoms with van der Waals surface area (Å²) in [5.74, 6) is -0.259. The number of carbonyl (C=O) groups is 2. The lowest BCUT2D eigenvalue weighted by Crippen LogP contribution is -2.15. The number of nitrogens with one attached hydrogen (secondary N) is 4. The van der Waals surface area contributed by atoms with Crippen molar-refractivity contribution in [3.8, 4) is 11.1 Å². The van der Waals surface area contributed by atoms with Crippen LogP contribution in [-0.2, 0) is 0 Å². The van der Waals surface area contributed by atoms with Gasteiger partial charge in [0.05, 0.1) is 11.1 Å². The molecule has 174 valence electrons. The molecule has 0 radical (unpaired) electrons. The van der Waals surface area contributed by atoms with Gasteiger partial charge in [0.1, 0.15) is 11.2 Å². The van der Waals surface area contributed by atoms with Crippen molar-refractivity contribution in [3.05, 3.63) is 103 Å². The molecule has 0 aliphatic carbocycles. The van der Waals surface area contributed by atoms with Crippen LogP contribution >= 0.6 is 0 Å². The minimum absolute atomic E-state index is 0.210. The molecule has 36 heavy (non-hydrogen) atoms. The SMILES string of the molecule is O=C(Nc1nc2c(C(=O)Nc3ncc[nH]3)cc(-c3ccccc3)cc2[nH]1)c1cc2ccccc2cn1. The lowest BCUT2D eigenvalue weighted by atomic mass is 10.0. The number of fused-ring (bicyclic) bond motifs is 2. The maximum Gasteiger partial charge on any atom is 0.276 e. The van der Waals surface area contributed by atoms with Gasteiger partial charge < -0.3 is 9.97 Å². The molecule has 6 aromatic rings. The van der Waals surface area contributed by atoms with Gasteiger partial charge in [-0.1, -0.05) is 54.6 Å². The summed E-state index contributed by atoms with van der Waals surface area (Å²) in [6.07, 6.45) is 4.83. The highest BCUT2D eigenvalue weighted by atomic mass is 16.2. The van der Waals surface area contributed by atoms with E-state index in [0.29, 0.717) is 22.5 Å². The van der Waals surface area contributed by atoms with Crippen molar-refractivity contribution in [2.24, 2.45) is 0 Å². The number of aromatic amines is 2. The molecule has 0 saturated carbocycles. The Morgan fingerprint density at radius 2 is 1.53 bits per heavy atom. The third-order valence-corrected chi connectivity index (χ3v) is 5.76. The number of H-pyrrole nitrogens is 2. The van der Waals surface area contributed by atoms with Crippen LogP contribution in [0.5, 0.6) is 0 Å². The molecular weight excluding hydrogens is 454 g/mol. The molecule has 3 aromatic carbocycles. The van der Waals surface area contributed by atoms with Crippen molar-refractivity contribution in [2.75, 3.05) is 10.6 Å². The van der Waals surface area contributed by atoms with Crippen LogP contribution in [0.15, 0.2) is 91.4 Å². The van der Waals surface area contributed by atoms with Crippen molar-refractivity contribution in [2.45, 2.75) is 0 Å². The van der Waals surface area contributed by atoms with Gasteiger partial charge in [-0.05, 0) is 34.7 Å². The minimum atomic E-state index is -0.412. The number of hydrogen-bond donors (Lipinski definition) is 4. The first-order valence-corrected chi connectivity index (χ1v) is 11.2. The number of imidazole rings is 2. The van der Waals surface area contributed by atoms with Gasteiger partial charge in [-0.15, -0.1) is 0 Å². The van der Waals surface area contributed by atoms with E-state index in [2.05, 4.69) is 35.6 Å². The Morgan fingerprint density at radius 1 is 0.750 bits per heavy atom. The Balaban J connectivity index is 1.38. The topological polar surface area (TPSA) is 128 Å². The highest BCUT2D eigenvalue weighted by Gasteiger charge is 2.19. The summed E-state index contributed by atoms with van der Waals surface area (Å²) < 4.78 is 0. The number of pyridine rings is 1. The number of anilines is 2. The molecule has 3 aromatic heterocycles. The molecular formula is C27H19N7O2. The van der Waals surface area contributed by atoms with E-state index in [9.17, 15) is 9.59 Å². The van der Waals surface area contributed by atoms with Crippen LogP contribution in [0.3, 0.4) is 0 Å². The Bertz CT molecular complexity index is 1720. The smallest absolute Gasteiger partial charge is 0.276 e. The number of benzene rings is 3. The van der Waals surface area contributed by atoms with Gasteiger partial charge in [0.15, 0.2) is 0 Å². The van der Waals surface area contributed by atoms with E-state index in [1.807, 2.05) is 60.7 Å². The summed E-state index contributed by atoms with van der Waals surface area (Å²) in [4.78, 5) is 44.9. The van der Waals surface area contributed by atoms with Crippen molar-refractivity contribution >= 4 is 45.5 Å². The highest BCUT2D eigenvalue weighted by molar-refractivity contribution is 6.13. The van der Waals surface area contributed by atoms with E-state index in [1.165, 1.54) is 0 Å². The quantitative estimate of drug-likeness (QED) is 0.280. The average molecular weight is 473 g/mol. The van der Waals surface area contributed by atoms with Crippen molar-refractivity contribution in [3.63, 3.8) is 0 Å². The minimum Gasteiger partial charge on any atom is -0.331 e. The molecule has 0 aliphatic rings. The average Bonchev–Trinajstić information content (AvgIpc) is 3.57. The van der Waals surface area contributed by atoms with Gasteiger partial charge in [0.2, 0.25) is 11.9 Å². The summed E-state index contributed by atoms with van der Waals surface area (Å²) in [7, 11) is 0. The maximum absolute atomic E-state index is 13.2. The maximum atomic E-state index is 13.2. The Morgan fingerprint density at radius 3 is 2.33 bits per heavy atom. The van der Waals surface area contributed by atoms with Crippen LogP contribution in [0.2, 0.25) is 0 Å². The summed E-state index contributed by atoms with van der Waals surface area (Å²) in [6.45, 7) is 0. The second-order valence-corrected chi connectivity index (χ2v) is 8.13. The third kappa shape index (κ3) is 4.05. The van der Waals surface area contributed by atoms with Gasteiger partial charge in [0.25, 0.3) is 11.8 Å². The predicted molar refractivity (Wildman–Crippen MR) is 138 cm³/mol. The lowest BCUT2D eigenvalue weighted by molar-refractivity contribution is 0.101. The molecule has 3 heterocycles. The largest absolute Gasteiger partial charge is 0.331 e. The number of rotatable bonds is 5. The van der Waals surface area contributed by atoms with E-state index < -0.39 is 5.91 Å². The zero-order valence-electron chi connectivity index (χ0n) is 18.8. The van der Waals surface area contributed by atoms with E-state index in [-0.39, 0.29) is 17.5 Å². The molecule has 0 aliphatic heterocycles. The molecule has 4 N–H and O–H groups in total. The molecule has 6 rings (SSSR count). The highest BCUT2D eigenvalue weighted by Crippen LogP contribution is 2.28. The molecule has 0 atom stereocenters. The molecule has 0 fully saturated rings. The molecule has 9 nitrogen and oxygen atoms in total. The van der Waals surface area contributed by atoms with Gasteiger partial charge in [-0.25, -0.2) is 9.97 Å². The van der Waals surface area contributed by atoms with Gasteiger partial charge >= 0.3 is 0 Å². The zero-order chi connectivity index (χ0) is 24.5. The second-order valence-electron chi connectivity index (χ2n) is 8.13. The monoisotopic (exact) mass is 473 g/mol. The molecule has 9 heteroatoms. The summed E-state index contributed by atoms with van der Waals surface area (Å²) in [6, 6.07) is 22.8. The summed E-state index contributed by atoms with van der Waals surface area (Å²) >= 11 is 0. The first kappa shape index (κ1) is 21.2. The first-order chi connectivity index (χ1) is 17.6. The number of amides is 2. The summed E-state index contributed by atoms with van der Waals surface area (Å²) in [5.41, 5.74) is 3.37. The Kier molecular flexibility index (Phi) is 5.19. The Labute approximate surface area is 204 Å². The van der Waals surface area contributed by atoms with Crippen LogP contribution < -0.4 is 10.6 Å². The fourth-order valence-corrected chi connectivity index (χ4v) is 4.03. The fraction of sp³-hybridized carbons (Fsp3) is 0. The molecule has 0 unspecified atom stereocenters. The first-order valence-electron chi connectivity index (χ1n) is 11.2. The van der Waals surface area contributed by atoms with Crippen LogP contribution in [0.25, 0.3) is 32.9 Å². The van der Waals surface area contributed by atoms with E-state index in [1.54, 1.807) is 30.7 Å². The third-order valence-electron chi connectivity index (χ3n) is 5.76. The van der Waals surface area contributed by atoms with E-state index in [4.69, 9.17) is 0 Å². The predicted octanol–water partition coefficient (Wildman–Crippen LogP) is 5.01. The van der Waals surface area contributed by atoms with E-state index in [0.717, 1.165) is 21.9 Å². The van der Waals surface area contributed by atoms with Crippen molar-refractivity contribution < 1.29 is 9.59 Å². The fourth-order valence-electron chi connectivity index (χ4n) is 4.03. The Hall–Kier alpha value is -5.31. The van der Waals surface area contributed by atoms with Gasteiger partial charge in [0, 0.05) is 24.0 Å². The number of hydrogen-bond acceptors (Lipinski definition) is 5. The molecule has 0 saturated heterocycles.